The van der Waals surface area contributed by atoms with E-state index in [-0.39, 0.29) is 11.9 Å². The van der Waals surface area contributed by atoms with Gasteiger partial charge in [-0.2, -0.15) is 0 Å². The number of furan rings is 1. The Morgan fingerprint density at radius 1 is 1.32 bits per heavy atom. The molecular weight excluding hydrogens is 282 g/mol. The van der Waals surface area contributed by atoms with E-state index in [1.165, 1.54) is 25.5 Å². The van der Waals surface area contributed by atoms with Crippen molar-refractivity contribution in [2.75, 3.05) is 13.1 Å². The third-order valence-electron chi connectivity index (χ3n) is 4.12. The predicted octanol–water partition coefficient (Wildman–Crippen LogP) is 2.74. The molecule has 1 aliphatic rings. The molecule has 6 nitrogen and oxygen atoms in total. The summed E-state index contributed by atoms with van der Waals surface area (Å²) in [5.74, 6) is 0.941. The number of nitrogens with zero attached hydrogens (tertiary/aromatic N) is 2. The zero-order valence-electron chi connectivity index (χ0n) is 12.7. The van der Waals surface area contributed by atoms with Crippen molar-refractivity contribution in [3.8, 4) is 0 Å². The van der Waals surface area contributed by atoms with Gasteiger partial charge in [-0.1, -0.05) is 11.6 Å². The molecule has 6 heteroatoms. The molecule has 0 bridgehead atoms. The first-order valence-corrected chi connectivity index (χ1v) is 7.75. The highest BCUT2D eigenvalue weighted by molar-refractivity contribution is 5.91. The van der Waals surface area contributed by atoms with E-state index in [4.69, 9.17) is 8.94 Å². The van der Waals surface area contributed by atoms with Gasteiger partial charge in [0.25, 0.3) is 5.91 Å². The Bertz CT molecular complexity index is 600. The van der Waals surface area contributed by atoms with Crippen molar-refractivity contribution < 1.29 is 13.7 Å². The van der Waals surface area contributed by atoms with Crippen LogP contribution in [0.5, 0.6) is 0 Å². The summed E-state index contributed by atoms with van der Waals surface area (Å²) >= 11 is 0. The second kappa shape index (κ2) is 6.79. The zero-order valence-corrected chi connectivity index (χ0v) is 12.7. The van der Waals surface area contributed by atoms with Gasteiger partial charge in [0, 0.05) is 6.07 Å². The smallest absolute Gasteiger partial charge is 0.287 e. The van der Waals surface area contributed by atoms with E-state index in [2.05, 4.69) is 22.3 Å². The lowest BCUT2D eigenvalue weighted by atomic mass is 10.1. The second-order valence-corrected chi connectivity index (χ2v) is 5.65. The Kier molecular flexibility index (Phi) is 4.58. The average molecular weight is 303 g/mol. The summed E-state index contributed by atoms with van der Waals surface area (Å²) < 4.78 is 10.5. The second-order valence-electron chi connectivity index (χ2n) is 5.65. The zero-order chi connectivity index (χ0) is 15.4. The van der Waals surface area contributed by atoms with Gasteiger partial charge in [-0.05, 0) is 45.0 Å². The molecule has 0 spiro atoms. The van der Waals surface area contributed by atoms with Crippen LogP contribution in [0.25, 0.3) is 0 Å². The van der Waals surface area contributed by atoms with Crippen LogP contribution in [-0.4, -0.2) is 29.1 Å². The van der Waals surface area contributed by atoms with Crippen LogP contribution in [0.2, 0.25) is 0 Å². The van der Waals surface area contributed by atoms with E-state index < -0.39 is 0 Å². The van der Waals surface area contributed by atoms with E-state index >= 15 is 0 Å². The number of amides is 1. The van der Waals surface area contributed by atoms with Crippen molar-refractivity contribution in [1.82, 2.24) is 15.4 Å². The molecule has 118 valence electrons. The summed E-state index contributed by atoms with van der Waals surface area (Å²) in [5.41, 5.74) is 0.682. The van der Waals surface area contributed by atoms with Crippen molar-refractivity contribution in [3.63, 3.8) is 0 Å². The molecule has 0 aromatic carbocycles. The number of likely N-dealkylation sites (tertiary alicyclic amines) is 1. The first-order chi connectivity index (χ1) is 10.7. The topological polar surface area (TPSA) is 71.5 Å². The molecule has 1 amide bonds. The molecule has 1 fully saturated rings. The lowest BCUT2D eigenvalue weighted by molar-refractivity contribution is 0.0913. The number of hydrogen-bond acceptors (Lipinski definition) is 5. The van der Waals surface area contributed by atoms with Gasteiger partial charge in [-0.15, -0.1) is 0 Å². The predicted molar refractivity (Wildman–Crippen MR) is 80.2 cm³/mol. The molecule has 22 heavy (non-hydrogen) atoms. The molecule has 2 aromatic heterocycles. The van der Waals surface area contributed by atoms with Gasteiger partial charge >= 0.3 is 0 Å². The Labute approximate surface area is 129 Å². The highest BCUT2D eigenvalue weighted by Crippen LogP contribution is 2.25. The van der Waals surface area contributed by atoms with E-state index in [1.54, 1.807) is 12.1 Å². The van der Waals surface area contributed by atoms with Crippen LogP contribution >= 0.6 is 0 Å². The fourth-order valence-electron chi connectivity index (χ4n) is 2.77. The van der Waals surface area contributed by atoms with E-state index in [0.29, 0.717) is 18.0 Å². The number of carbonyl (C=O) groups is 1. The number of carbonyl (C=O) groups excluding carboxylic acids is 1. The number of nitrogens with one attached hydrogen (secondary N) is 1. The van der Waals surface area contributed by atoms with Gasteiger partial charge in [0.05, 0.1) is 12.6 Å². The minimum Gasteiger partial charge on any atom is -0.454 e. The van der Waals surface area contributed by atoms with Crippen molar-refractivity contribution in [3.05, 3.63) is 41.7 Å². The minimum atomic E-state index is -0.236. The van der Waals surface area contributed by atoms with Gasteiger partial charge in [0.15, 0.2) is 5.76 Å². The molecule has 1 unspecified atom stereocenters. The first-order valence-electron chi connectivity index (χ1n) is 7.75. The normalized spacial score (nSPS) is 17.3. The van der Waals surface area contributed by atoms with Crippen molar-refractivity contribution in [2.45, 2.75) is 38.8 Å². The third kappa shape index (κ3) is 3.39. The molecule has 3 heterocycles. The largest absolute Gasteiger partial charge is 0.454 e. The Balaban J connectivity index is 1.58. The molecule has 3 rings (SSSR count). The van der Waals surface area contributed by atoms with Gasteiger partial charge in [-0.25, -0.2) is 0 Å². The molecular formula is C16H21N3O3. The van der Waals surface area contributed by atoms with Crippen molar-refractivity contribution >= 4 is 5.91 Å². The summed E-state index contributed by atoms with van der Waals surface area (Å²) in [6, 6.07) is 5.54. The van der Waals surface area contributed by atoms with Crippen LogP contribution < -0.4 is 5.32 Å². The van der Waals surface area contributed by atoms with Gasteiger partial charge < -0.3 is 14.3 Å². The highest BCUT2D eigenvalue weighted by atomic mass is 16.5. The molecule has 1 saturated heterocycles. The molecule has 2 aromatic rings. The van der Waals surface area contributed by atoms with Gasteiger partial charge in [0.2, 0.25) is 0 Å². The molecule has 1 atom stereocenters. The van der Waals surface area contributed by atoms with Crippen LogP contribution in [0.15, 0.2) is 33.4 Å². The van der Waals surface area contributed by atoms with Gasteiger partial charge in [0.1, 0.15) is 17.7 Å². The third-order valence-corrected chi connectivity index (χ3v) is 4.12. The summed E-state index contributed by atoms with van der Waals surface area (Å²) in [6.07, 6.45) is 5.25. The van der Waals surface area contributed by atoms with Crippen LogP contribution in [0, 0.1) is 0 Å². The quantitative estimate of drug-likeness (QED) is 0.919. The fourth-order valence-corrected chi connectivity index (χ4v) is 2.77. The monoisotopic (exact) mass is 303 g/mol. The number of rotatable bonds is 5. The van der Waals surface area contributed by atoms with Crippen molar-refractivity contribution in [1.29, 1.82) is 0 Å². The van der Waals surface area contributed by atoms with Crippen LogP contribution in [-0.2, 0) is 6.54 Å². The van der Waals surface area contributed by atoms with Crippen LogP contribution in [0.4, 0.5) is 0 Å². The molecule has 1 aliphatic heterocycles. The van der Waals surface area contributed by atoms with Gasteiger partial charge in [-0.3, -0.25) is 9.69 Å². The van der Waals surface area contributed by atoms with Crippen molar-refractivity contribution in [2.24, 2.45) is 0 Å². The summed E-state index contributed by atoms with van der Waals surface area (Å²) in [7, 11) is 0. The van der Waals surface area contributed by atoms with E-state index in [9.17, 15) is 4.79 Å². The molecule has 0 radical (unpaired) electrons. The standard InChI is InChI=1S/C16H21N3O3/c1-12(19-8-3-2-4-9-19)14-5-6-15(22-14)16(20)17-11-13-7-10-21-18-13/h5-7,10,12H,2-4,8-9,11H2,1H3,(H,17,20). The van der Waals surface area contributed by atoms with E-state index in [1.807, 2.05) is 6.07 Å². The number of hydrogen-bond donors (Lipinski definition) is 1. The highest BCUT2D eigenvalue weighted by Gasteiger charge is 2.22. The summed E-state index contributed by atoms with van der Waals surface area (Å²) in [6.45, 7) is 4.64. The first kappa shape index (κ1) is 14.8. The Morgan fingerprint density at radius 2 is 2.14 bits per heavy atom. The maximum absolute atomic E-state index is 12.1. The average Bonchev–Trinajstić information content (AvgIpc) is 3.24. The SMILES string of the molecule is CC(c1ccc(C(=O)NCc2ccon2)o1)N1CCCCC1. The van der Waals surface area contributed by atoms with Crippen LogP contribution in [0.3, 0.4) is 0 Å². The number of aromatic nitrogens is 1. The Hall–Kier alpha value is -2.08. The van der Waals surface area contributed by atoms with Crippen LogP contribution in [0.1, 0.15) is 54.2 Å². The maximum Gasteiger partial charge on any atom is 0.287 e. The number of piperidine rings is 1. The summed E-state index contributed by atoms with van der Waals surface area (Å²) in [4.78, 5) is 14.5. The maximum atomic E-state index is 12.1. The minimum absolute atomic E-state index is 0.206. The Morgan fingerprint density at radius 3 is 2.86 bits per heavy atom. The lowest BCUT2D eigenvalue weighted by Gasteiger charge is -2.31. The fraction of sp³-hybridized carbons (Fsp3) is 0.500. The molecule has 0 saturated carbocycles. The molecule has 0 aliphatic carbocycles. The van der Waals surface area contributed by atoms with E-state index in [0.717, 1.165) is 18.8 Å². The molecule has 1 N–H and O–H groups in total. The lowest BCUT2D eigenvalue weighted by Crippen LogP contribution is -2.32. The summed E-state index contributed by atoms with van der Waals surface area (Å²) in [5, 5.41) is 6.51.